The normalized spacial score (nSPS) is 13.5. The van der Waals surface area contributed by atoms with Gasteiger partial charge in [-0.2, -0.15) is 0 Å². The van der Waals surface area contributed by atoms with Gasteiger partial charge in [0, 0.05) is 98.9 Å². The molecule has 0 atom stereocenters. The number of aromatic nitrogens is 6. The largest absolute Gasteiger partial charge is 0.309 e. The Balaban J connectivity index is 0.555. The molecule has 542 valence electrons. The van der Waals surface area contributed by atoms with Gasteiger partial charge in [0.2, 0.25) is 0 Å². The van der Waals surface area contributed by atoms with Crippen LogP contribution in [0.3, 0.4) is 0 Å². The van der Waals surface area contributed by atoms with Gasteiger partial charge < -0.3 is 18.3 Å². The van der Waals surface area contributed by atoms with Crippen molar-refractivity contribution in [3.05, 3.63) is 386 Å². The Kier molecular flexibility index (Phi) is 13.4. The summed E-state index contributed by atoms with van der Waals surface area (Å²) in [7, 11) is 0. The smallest absolute Gasteiger partial charge is 0.160 e. The highest BCUT2D eigenvalue weighted by molar-refractivity contribution is 6.21. The van der Waals surface area contributed by atoms with Crippen LogP contribution in [0.15, 0.2) is 364 Å². The van der Waals surface area contributed by atoms with Gasteiger partial charge in [-0.1, -0.05) is 270 Å². The summed E-state index contributed by atoms with van der Waals surface area (Å²) in [5.74, 6) is 0.699. The standard InChI is InChI=1S/C110H72N6/c1-109(2)92-34-14-8-26-77(92)79-50-48-74(63-94(79)109)115-98-38-18-12-30-83(98)90-61-69(44-56-102(90)115)67-42-54-100-88(59-67)81-28-10-16-36-96(81)113(100)72-46-40-65(41-47-72)106-105-86-53-52-76(85-32-21-33-87(104(85)86)107(105)112-108(111-106)66-22-6-5-7-23-66)71-24-20-25-73(58-71)114-97-37-17-11-29-82(97)89-60-68(43-55-101(89)114)70-45-57-103-91(62-70)84-31-13-19-39-99(84)116(103)75-49-51-80-78-27-9-15-35-93(78)110(3,4)95(80)64-75/h5-64H,1-4H3. The second-order valence-electron chi connectivity index (χ2n) is 33.1. The van der Waals surface area contributed by atoms with E-state index in [9.17, 15) is 0 Å². The Morgan fingerprint density at radius 1 is 0.198 bits per heavy atom. The predicted molar refractivity (Wildman–Crippen MR) is 484 cm³/mol. The first kappa shape index (κ1) is 64.9. The fourth-order valence-electron chi connectivity index (χ4n) is 20.9. The number of nitrogens with zero attached hydrogens (tertiary/aromatic N) is 6. The van der Waals surface area contributed by atoms with Crippen LogP contribution in [-0.4, -0.2) is 28.2 Å². The van der Waals surface area contributed by atoms with Crippen molar-refractivity contribution in [1.29, 1.82) is 0 Å². The van der Waals surface area contributed by atoms with Crippen molar-refractivity contribution in [3.8, 4) is 123 Å². The van der Waals surface area contributed by atoms with E-state index < -0.39 is 0 Å². The van der Waals surface area contributed by atoms with Crippen LogP contribution >= 0.6 is 0 Å². The van der Waals surface area contributed by atoms with Crippen molar-refractivity contribution in [3.63, 3.8) is 0 Å². The number of hydrogen-bond donors (Lipinski definition) is 0. The summed E-state index contributed by atoms with van der Waals surface area (Å²) in [6.07, 6.45) is 0. The topological polar surface area (TPSA) is 45.5 Å². The first-order valence-corrected chi connectivity index (χ1v) is 40.4. The Morgan fingerprint density at radius 3 is 1.03 bits per heavy atom. The minimum Gasteiger partial charge on any atom is -0.309 e. The van der Waals surface area contributed by atoms with Crippen LogP contribution in [0, 0.1) is 0 Å². The third kappa shape index (κ3) is 9.12. The molecule has 0 bridgehead atoms. The highest BCUT2D eigenvalue weighted by Crippen LogP contribution is 2.55. The third-order valence-electron chi connectivity index (χ3n) is 26.3. The van der Waals surface area contributed by atoms with Gasteiger partial charge in [0.25, 0.3) is 0 Å². The molecule has 6 nitrogen and oxygen atoms in total. The SMILES string of the molecule is CC1(C)c2ccccc2-c2ccc(-n3c4ccccc4c4cc(-c5ccc6c(c5)c5ccccc5n6-c5ccc(-c6nc(-c7ccccc7)nc7c6-c6ccc(-c8cccc(-n9c%10ccccc%10c%10cc(-c%11ccc%12c(c%11)c%11ccccc%11n%12-c%11ccc%12c(c%11)C(C)(C)c%11ccccc%11-%12)ccc%109)c8)c8cccc-7c68)cc5)ccc43)cc21. The number of benzene rings is 17. The maximum Gasteiger partial charge on any atom is 0.160 e. The van der Waals surface area contributed by atoms with E-state index in [1.165, 1.54) is 154 Å². The van der Waals surface area contributed by atoms with Crippen molar-refractivity contribution in [2.24, 2.45) is 0 Å². The zero-order valence-corrected chi connectivity index (χ0v) is 64.3. The second kappa shape index (κ2) is 23.9. The Bertz CT molecular complexity index is 8070. The van der Waals surface area contributed by atoms with Crippen LogP contribution in [0.25, 0.3) is 221 Å². The molecular formula is C110H72N6. The summed E-state index contributed by atoms with van der Waals surface area (Å²) in [6.45, 7) is 9.46. The molecule has 3 aliphatic rings. The molecule has 0 fully saturated rings. The second-order valence-corrected chi connectivity index (χ2v) is 33.1. The van der Waals surface area contributed by atoms with Crippen molar-refractivity contribution >= 4 is 98.0 Å². The number of hydrogen-bond acceptors (Lipinski definition) is 2. The van der Waals surface area contributed by atoms with Crippen molar-refractivity contribution in [1.82, 2.24) is 28.2 Å². The van der Waals surface area contributed by atoms with Crippen LogP contribution < -0.4 is 0 Å². The van der Waals surface area contributed by atoms with Crippen LogP contribution in [0.4, 0.5) is 0 Å². The van der Waals surface area contributed by atoms with E-state index in [0.29, 0.717) is 5.82 Å². The van der Waals surface area contributed by atoms with Gasteiger partial charge in [-0.3, -0.25) is 0 Å². The van der Waals surface area contributed by atoms with Gasteiger partial charge in [-0.05, 0) is 216 Å². The van der Waals surface area contributed by atoms with E-state index in [1.54, 1.807) is 0 Å². The summed E-state index contributed by atoms with van der Waals surface area (Å²) >= 11 is 0. The van der Waals surface area contributed by atoms with E-state index >= 15 is 0 Å². The van der Waals surface area contributed by atoms with Gasteiger partial charge >= 0.3 is 0 Å². The van der Waals surface area contributed by atoms with Crippen LogP contribution in [-0.2, 0) is 10.8 Å². The van der Waals surface area contributed by atoms with Crippen LogP contribution in [0.5, 0.6) is 0 Å². The fourth-order valence-corrected chi connectivity index (χ4v) is 20.9. The Hall–Kier alpha value is -14.7. The number of fused-ring (bicyclic) bond motifs is 21. The molecule has 0 spiro atoms. The minimum absolute atomic E-state index is 0.100. The average molecular weight is 1480 g/mol. The van der Waals surface area contributed by atoms with Crippen molar-refractivity contribution in [2.45, 2.75) is 38.5 Å². The molecule has 0 saturated carbocycles. The van der Waals surface area contributed by atoms with E-state index in [-0.39, 0.29) is 10.8 Å². The van der Waals surface area contributed by atoms with Crippen LogP contribution in [0.2, 0.25) is 0 Å². The summed E-state index contributed by atoms with van der Waals surface area (Å²) in [6, 6.07) is 136. The quantitative estimate of drug-likeness (QED) is 0.145. The van der Waals surface area contributed by atoms with Crippen LogP contribution in [0.1, 0.15) is 49.9 Å². The van der Waals surface area contributed by atoms with Gasteiger partial charge in [0.05, 0.1) is 55.5 Å². The lowest BCUT2D eigenvalue weighted by atomic mass is 9.82. The molecule has 0 unspecified atom stereocenters. The molecular weight excluding hydrogens is 1410 g/mol. The van der Waals surface area contributed by atoms with Crippen molar-refractivity contribution < 1.29 is 0 Å². The zero-order chi connectivity index (χ0) is 76.6. The average Bonchev–Trinajstić information content (AvgIpc) is 1.56. The van der Waals surface area contributed by atoms with E-state index in [0.717, 1.165) is 83.8 Å². The highest BCUT2D eigenvalue weighted by atomic mass is 15.0. The Labute approximate surface area is 670 Å². The molecule has 0 saturated heterocycles. The molecule has 0 amide bonds. The molecule has 5 aromatic heterocycles. The summed E-state index contributed by atoms with van der Waals surface area (Å²) in [5, 5.41) is 12.2. The molecule has 25 rings (SSSR count). The lowest BCUT2D eigenvalue weighted by Gasteiger charge is -2.22. The lowest BCUT2D eigenvalue weighted by Crippen LogP contribution is -2.15. The van der Waals surface area contributed by atoms with Gasteiger partial charge in [0.1, 0.15) is 0 Å². The molecule has 116 heavy (non-hydrogen) atoms. The highest BCUT2D eigenvalue weighted by Gasteiger charge is 2.38. The first-order chi connectivity index (χ1) is 57.0. The predicted octanol–water partition coefficient (Wildman–Crippen LogP) is 28.6. The molecule has 22 aromatic rings. The maximum atomic E-state index is 5.58. The van der Waals surface area contributed by atoms with Gasteiger partial charge in [0.15, 0.2) is 5.82 Å². The molecule has 0 radical (unpaired) electrons. The summed E-state index contributed by atoms with van der Waals surface area (Å²) < 4.78 is 9.80. The Morgan fingerprint density at radius 2 is 0.543 bits per heavy atom. The van der Waals surface area contributed by atoms with Crippen molar-refractivity contribution in [2.75, 3.05) is 0 Å². The summed E-state index contributed by atoms with van der Waals surface area (Å²) in [4.78, 5) is 11.1. The molecule has 3 aliphatic carbocycles. The maximum absolute atomic E-state index is 5.58. The fraction of sp³-hybridized carbons (Fsp3) is 0.0545. The molecule has 17 aromatic carbocycles. The van der Waals surface area contributed by atoms with E-state index in [2.05, 4.69) is 410 Å². The molecule has 0 aliphatic heterocycles. The summed E-state index contributed by atoms with van der Waals surface area (Å²) in [5.41, 5.74) is 38.8. The molecule has 5 heterocycles. The zero-order valence-electron chi connectivity index (χ0n) is 64.3. The molecule has 0 N–H and O–H groups in total. The minimum atomic E-state index is -0.101. The monoisotopic (exact) mass is 1480 g/mol. The van der Waals surface area contributed by atoms with E-state index in [1.807, 2.05) is 0 Å². The first-order valence-electron chi connectivity index (χ1n) is 40.4. The van der Waals surface area contributed by atoms with Gasteiger partial charge in [-0.25, -0.2) is 9.97 Å². The van der Waals surface area contributed by atoms with E-state index in [4.69, 9.17) is 9.97 Å². The third-order valence-corrected chi connectivity index (χ3v) is 26.3. The van der Waals surface area contributed by atoms with Gasteiger partial charge in [-0.15, -0.1) is 0 Å². The number of rotatable bonds is 9. The molecule has 6 heteroatoms. The lowest BCUT2D eigenvalue weighted by molar-refractivity contribution is 0.660. The number of para-hydroxylation sites is 4.